The Morgan fingerprint density at radius 2 is 1.70 bits per heavy atom. The summed E-state index contributed by atoms with van der Waals surface area (Å²) in [4.78, 5) is 16.6. The van der Waals surface area contributed by atoms with Crippen LogP contribution in [0.1, 0.15) is 24.3 Å². The van der Waals surface area contributed by atoms with Gasteiger partial charge in [-0.05, 0) is 62.4 Å². The molecule has 3 aromatic rings. The number of hydrogen-bond acceptors (Lipinski definition) is 4. The molecule has 0 bridgehead atoms. The van der Waals surface area contributed by atoms with Gasteiger partial charge in [0.05, 0.1) is 28.7 Å². The maximum atomic E-state index is 12.4. The molecular formula is C21H20ClN3O2. The van der Waals surface area contributed by atoms with Crippen LogP contribution in [0.5, 0.6) is 5.75 Å². The molecule has 0 aliphatic rings. The quantitative estimate of drug-likeness (QED) is 0.590. The van der Waals surface area contributed by atoms with E-state index in [0.717, 1.165) is 17.1 Å². The second-order valence-corrected chi connectivity index (χ2v) is 6.59. The molecule has 1 amide bonds. The zero-order valence-electron chi connectivity index (χ0n) is 15.1. The molecule has 27 heavy (non-hydrogen) atoms. The molecule has 0 unspecified atom stereocenters. The van der Waals surface area contributed by atoms with Crippen molar-refractivity contribution in [2.24, 2.45) is 0 Å². The van der Waals surface area contributed by atoms with Crippen molar-refractivity contribution in [2.75, 3.05) is 10.6 Å². The summed E-state index contributed by atoms with van der Waals surface area (Å²) in [6.07, 6.45) is 1.70. The van der Waals surface area contributed by atoms with E-state index in [2.05, 4.69) is 15.6 Å². The zero-order valence-corrected chi connectivity index (χ0v) is 15.8. The van der Waals surface area contributed by atoms with Crippen LogP contribution in [0.3, 0.4) is 0 Å². The smallest absolute Gasteiger partial charge is 0.274 e. The van der Waals surface area contributed by atoms with E-state index >= 15 is 0 Å². The van der Waals surface area contributed by atoms with Gasteiger partial charge in [-0.3, -0.25) is 4.79 Å². The monoisotopic (exact) mass is 381 g/mol. The van der Waals surface area contributed by atoms with Crippen molar-refractivity contribution in [3.63, 3.8) is 0 Å². The molecule has 6 heteroatoms. The molecule has 0 radical (unpaired) electrons. The van der Waals surface area contributed by atoms with E-state index in [0.29, 0.717) is 16.4 Å². The van der Waals surface area contributed by atoms with Gasteiger partial charge in [-0.25, -0.2) is 4.98 Å². The molecule has 138 valence electrons. The lowest BCUT2D eigenvalue weighted by molar-refractivity contribution is 0.102. The first-order valence-electron chi connectivity index (χ1n) is 8.57. The number of halogens is 1. The Labute approximate surface area is 163 Å². The van der Waals surface area contributed by atoms with Crippen molar-refractivity contribution in [3.8, 4) is 5.75 Å². The largest absolute Gasteiger partial charge is 0.491 e. The van der Waals surface area contributed by atoms with Crippen LogP contribution in [0.15, 0.2) is 66.9 Å². The highest BCUT2D eigenvalue weighted by Gasteiger charge is 2.09. The van der Waals surface area contributed by atoms with E-state index < -0.39 is 0 Å². The second kappa shape index (κ2) is 8.56. The van der Waals surface area contributed by atoms with Gasteiger partial charge >= 0.3 is 0 Å². The first kappa shape index (κ1) is 18.7. The van der Waals surface area contributed by atoms with E-state index in [-0.39, 0.29) is 12.0 Å². The van der Waals surface area contributed by atoms with Crippen LogP contribution >= 0.6 is 11.6 Å². The van der Waals surface area contributed by atoms with Crippen LogP contribution in [-0.2, 0) is 0 Å². The van der Waals surface area contributed by atoms with Crippen molar-refractivity contribution >= 4 is 34.6 Å². The lowest BCUT2D eigenvalue weighted by Gasteiger charge is -2.11. The fourth-order valence-corrected chi connectivity index (χ4v) is 2.59. The summed E-state index contributed by atoms with van der Waals surface area (Å²) in [5.41, 5.74) is 2.52. The third-order valence-electron chi connectivity index (χ3n) is 3.63. The Morgan fingerprint density at radius 3 is 2.33 bits per heavy atom. The number of rotatable bonds is 6. The Balaban J connectivity index is 1.63. The normalized spacial score (nSPS) is 10.5. The Hall–Kier alpha value is -3.05. The first-order valence-corrected chi connectivity index (χ1v) is 8.95. The van der Waals surface area contributed by atoms with Crippen molar-refractivity contribution in [1.82, 2.24) is 4.98 Å². The van der Waals surface area contributed by atoms with Crippen molar-refractivity contribution < 1.29 is 9.53 Å². The van der Waals surface area contributed by atoms with E-state index in [9.17, 15) is 4.79 Å². The molecule has 0 saturated heterocycles. The van der Waals surface area contributed by atoms with Gasteiger partial charge in [-0.2, -0.15) is 0 Å². The second-order valence-electron chi connectivity index (χ2n) is 6.18. The lowest BCUT2D eigenvalue weighted by Crippen LogP contribution is -2.13. The van der Waals surface area contributed by atoms with E-state index in [1.807, 2.05) is 44.2 Å². The minimum atomic E-state index is -0.281. The molecule has 0 spiro atoms. The number of anilines is 3. The molecule has 5 nitrogen and oxygen atoms in total. The predicted molar refractivity (Wildman–Crippen MR) is 109 cm³/mol. The zero-order chi connectivity index (χ0) is 19.2. The summed E-state index contributed by atoms with van der Waals surface area (Å²) in [6, 6.07) is 18.1. The third kappa shape index (κ3) is 5.21. The summed E-state index contributed by atoms with van der Waals surface area (Å²) in [5, 5.41) is 6.60. The summed E-state index contributed by atoms with van der Waals surface area (Å²) in [7, 11) is 0. The van der Waals surface area contributed by atoms with Crippen LogP contribution in [0.2, 0.25) is 5.02 Å². The van der Waals surface area contributed by atoms with Crippen LogP contribution in [0.4, 0.5) is 17.1 Å². The molecule has 0 fully saturated rings. The number of nitrogens with zero attached hydrogens (tertiary/aromatic N) is 1. The Kier molecular flexibility index (Phi) is 5.94. The first-order chi connectivity index (χ1) is 13.0. The van der Waals surface area contributed by atoms with Gasteiger partial charge in [0, 0.05) is 5.69 Å². The van der Waals surface area contributed by atoms with Crippen LogP contribution in [0, 0.1) is 0 Å². The molecule has 1 aromatic heterocycles. The summed E-state index contributed by atoms with van der Waals surface area (Å²) >= 11 is 6.13. The van der Waals surface area contributed by atoms with Crippen molar-refractivity contribution in [2.45, 2.75) is 20.0 Å². The maximum absolute atomic E-state index is 12.4. The standard InChI is InChI=1S/C21H20ClN3O2/c1-14(2)27-17-10-7-15(8-11-17)25-21(26)20-12-9-16(13-23-20)24-19-6-4-3-5-18(19)22/h3-14,24H,1-2H3,(H,25,26). The summed E-state index contributed by atoms with van der Waals surface area (Å²) in [5.74, 6) is 0.480. The van der Waals surface area contributed by atoms with Gasteiger partial charge in [0.1, 0.15) is 11.4 Å². The topological polar surface area (TPSA) is 63.2 Å². The van der Waals surface area contributed by atoms with Crippen molar-refractivity contribution in [3.05, 3.63) is 77.6 Å². The van der Waals surface area contributed by atoms with E-state index in [1.165, 1.54) is 0 Å². The number of pyridine rings is 1. The van der Waals surface area contributed by atoms with Gasteiger partial charge < -0.3 is 15.4 Å². The number of ether oxygens (including phenoxy) is 1. The average molecular weight is 382 g/mol. The number of nitrogens with one attached hydrogen (secondary N) is 2. The van der Waals surface area contributed by atoms with Gasteiger partial charge in [-0.1, -0.05) is 23.7 Å². The highest BCUT2D eigenvalue weighted by molar-refractivity contribution is 6.33. The van der Waals surface area contributed by atoms with E-state index in [4.69, 9.17) is 16.3 Å². The molecule has 1 heterocycles. The number of amides is 1. The SMILES string of the molecule is CC(C)Oc1ccc(NC(=O)c2ccc(Nc3ccccc3Cl)cn2)cc1. The molecule has 0 atom stereocenters. The van der Waals surface area contributed by atoms with Gasteiger partial charge in [-0.15, -0.1) is 0 Å². The molecule has 2 aromatic carbocycles. The molecular weight excluding hydrogens is 362 g/mol. The number of carbonyl (C=O) groups is 1. The predicted octanol–water partition coefficient (Wildman–Crippen LogP) is 5.52. The number of carbonyl (C=O) groups excluding carboxylic acids is 1. The van der Waals surface area contributed by atoms with Crippen LogP contribution in [0.25, 0.3) is 0 Å². The number of para-hydroxylation sites is 1. The van der Waals surface area contributed by atoms with Gasteiger partial charge in [0.15, 0.2) is 0 Å². The molecule has 2 N–H and O–H groups in total. The highest BCUT2D eigenvalue weighted by Crippen LogP contribution is 2.24. The molecule has 0 saturated carbocycles. The van der Waals surface area contributed by atoms with E-state index in [1.54, 1.807) is 36.5 Å². The summed E-state index contributed by atoms with van der Waals surface area (Å²) in [6.45, 7) is 3.93. The fraction of sp³-hybridized carbons (Fsp3) is 0.143. The lowest BCUT2D eigenvalue weighted by atomic mass is 10.2. The van der Waals surface area contributed by atoms with Gasteiger partial charge in [0.25, 0.3) is 5.91 Å². The third-order valence-corrected chi connectivity index (χ3v) is 3.96. The Morgan fingerprint density at radius 1 is 1.00 bits per heavy atom. The van der Waals surface area contributed by atoms with Gasteiger partial charge in [0.2, 0.25) is 0 Å². The average Bonchev–Trinajstić information content (AvgIpc) is 2.65. The Bertz CT molecular complexity index is 909. The number of aromatic nitrogens is 1. The highest BCUT2D eigenvalue weighted by atomic mass is 35.5. The number of benzene rings is 2. The molecule has 0 aliphatic carbocycles. The summed E-state index contributed by atoms with van der Waals surface area (Å²) < 4.78 is 5.59. The minimum Gasteiger partial charge on any atom is -0.491 e. The molecule has 3 rings (SSSR count). The molecule has 0 aliphatic heterocycles. The van der Waals surface area contributed by atoms with Crippen LogP contribution in [-0.4, -0.2) is 17.0 Å². The minimum absolute atomic E-state index is 0.104. The fourth-order valence-electron chi connectivity index (χ4n) is 2.40. The maximum Gasteiger partial charge on any atom is 0.274 e. The van der Waals surface area contributed by atoms with Crippen molar-refractivity contribution in [1.29, 1.82) is 0 Å². The van der Waals surface area contributed by atoms with Crippen LogP contribution < -0.4 is 15.4 Å². The number of hydrogen-bond donors (Lipinski definition) is 2.